The predicted octanol–water partition coefficient (Wildman–Crippen LogP) is 1.53. The quantitative estimate of drug-likeness (QED) is 0.476. The highest BCUT2D eigenvalue weighted by atomic mass is 32.3. The van der Waals surface area contributed by atoms with Crippen molar-refractivity contribution in [2.45, 2.75) is 4.34 Å². The van der Waals surface area contributed by atoms with Crippen molar-refractivity contribution in [3.8, 4) is 0 Å². The van der Waals surface area contributed by atoms with Crippen LogP contribution in [0.15, 0.2) is 28.6 Å². The molecule has 1 N–H and O–H groups in total. The lowest BCUT2D eigenvalue weighted by atomic mass is 10.3. The molecule has 2 rings (SSSR count). The topological polar surface area (TPSA) is 80.6 Å². The van der Waals surface area contributed by atoms with Gasteiger partial charge in [0.2, 0.25) is 15.9 Å². The highest BCUT2D eigenvalue weighted by molar-refractivity contribution is 8.00. The number of hydrogen-bond donors (Lipinski definition) is 0. The van der Waals surface area contributed by atoms with E-state index >= 15 is 0 Å². The Bertz CT molecular complexity index is 546. The Morgan fingerprint density at radius 1 is 1.41 bits per heavy atom. The van der Waals surface area contributed by atoms with Crippen molar-refractivity contribution in [2.75, 3.05) is 13.4 Å². The lowest BCUT2D eigenvalue weighted by Gasteiger charge is -1.98. The molecule has 1 heterocycles. The fourth-order valence-electron chi connectivity index (χ4n) is 0.987. The molecule has 0 spiro atoms. The molecule has 0 amide bonds. The van der Waals surface area contributed by atoms with E-state index in [1.165, 1.54) is 14.6 Å². The SMILES string of the molecule is COS(=O)(=O)[O-].CSc1[nH+]c2ccccc2s1. The molecule has 0 bridgehead atoms. The van der Waals surface area contributed by atoms with Crippen LogP contribution in [-0.2, 0) is 14.6 Å². The second kappa shape index (κ2) is 6.31. The highest BCUT2D eigenvalue weighted by Gasteiger charge is 2.07. The van der Waals surface area contributed by atoms with Crippen molar-refractivity contribution >= 4 is 43.7 Å². The number of aromatic nitrogens is 1. The van der Waals surface area contributed by atoms with E-state index in [2.05, 4.69) is 39.7 Å². The van der Waals surface area contributed by atoms with Crippen LogP contribution < -0.4 is 4.98 Å². The van der Waals surface area contributed by atoms with E-state index in [9.17, 15) is 13.0 Å². The first-order valence-corrected chi connectivity index (χ1v) is 7.80. The lowest BCUT2D eigenvalue weighted by Crippen LogP contribution is -1.98. The molecule has 5 nitrogen and oxygen atoms in total. The molecule has 8 heteroatoms. The van der Waals surface area contributed by atoms with Crippen molar-refractivity contribution < 1.29 is 22.1 Å². The molecule has 0 aliphatic heterocycles. The number of benzene rings is 1. The van der Waals surface area contributed by atoms with Gasteiger partial charge in [-0.2, -0.15) is 4.98 Å². The van der Waals surface area contributed by atoms with E-state index in [1.54, 1.807) is 23.1 Å². The van der Waals surface area contributed by atoms with Crippen LogP contribution in [0.1, 0.15) is 0 Å². The maximum atomic E-state index is 9.22. The molecule has 94 valence electrons. The van der Waals surface area contributed by atoms with Crippen molar-refractivity contribution in [3.05, 3.63) is 24.3 Å². The minimum atomic E-state index is -4.41. The molecular formula is C9H11NO4S3. The number of rotatable bonds is 2. The van der Waals surface area contributed by atoms with Gasteiger partial charge in [0, 0.05) is 6.07 Å². The molecule has 1 aromatic carbocycles. The first kappa shape index (κ1) is 14.4. The summed E-state index contributed by atoms with van der Waals surface area (Å²) in [6.07, 6.45) is 2.08. The van der Waals surface area contributed by atoms with Gasteiger partial charge in [0.1, 0.15) is 4.70 Å². The largest absolute Gasteiger partial charge is 0.726 e. The van der Waals surface area contributed by atoms with E-state index < -0.39 is 10.4 Å². The Kier molecular flexibility index (Phi) is 5.34. The Balaban J connectivity index is 0.000000209. The van der Waals surface area contributed by atoms with Gasteiger partial charge in [-0.15, -0.1) is 0 Å². The predicted molar refractivity (Wildman–Crippen MR) is 66.9 cm³/mol. The molecule has 0 aliphatic rings. The van der Waals surface area contributed by atoms with Gasteiger partial charge in [0.15, 0.2) is 0 Å². The maximum Gasteiger partial charge on any atom is 0.296 e. The normalized spacial score (nSPS) is 11.0. The summed E-state index contributed by atoms with van der Waals surface area (Å²) in [5, 5.41) is 0. The van der Waals surface area contributed by atoms with E-state index in [0.29, 0.717) is 0 Å². The van der Waals surface area contributed by atoms with E-state index in [4.69, 9.17) is 0 Å². The molecule has 17 heavy (non-hydrogen) atoms. The maximum absolute atomic E-state index is 9.22. The molecular weight excluding hydrogens is 282 g/mol. The highest BCUT2D eigenvalue weighted by Crippen LogP contribution is 2.23. The number of aromatic amines is 1. The fourth-order valence-corrected chi connectivity index (χ4v) is 2.54. The van der Waals surface area contributed by atoms with E-state index in [0.717, 1.165) is 7.11 Å². The summed E-state index contributed by atoms with van der Waals surface area (Å²) in [5.41, 5.74) is 1.24. The van der Waals surface area contributed by atoms with Crippen molar-refractivity contribution in [1.29, 1.82) is 0 Å². The second-order valence-electron chi connectivity index (χ2n) is 2.79. The van der Waals surface area contributed by atoms with E-state index in [1.807, 2.05) is 0 Å². The van der Waals surface area contributed by atoms with Gasteiger partial charge in [0.05, 0.1) is 7.11 Å². The van der Waals surface area contributed by atoms with Crippen LogP contribution in [0.25, 0.3) is 10.2 Å². The second-order valence-corrected chi connectivity index (χ2v) is 6.07. The van der Waals surface area contributed by atoms with Gasteiger partial charge >= 0.3 is 0 Å². The van der Waals surface area contributed by atoms with Crippen molar-refractivity contribution in [1.82, 2.24) is 0 Å². The number of para-hydroxylation sites is 1. The molecule has 2 aromatic rings. The van der Waals surface area contributed by atoms with Crippen LogP contribution >= 0.6 is 23.1 Å². The first-order valence-electron chi connectivity index (χ1n) is 4.42. The van der Waals surface area contributed by atoms with Crippen LogP contribution in [0.5, 0.6) is 0 Å². The molecule has 0 aliphatic carbocycles. The minimum absolute atomic E-state index is 0.808. The number of hydrogen-bond acceptors (Lipinski definition) is 6. The number of thiazole rings is 1. The summed E-state index contributed by atoms with van der Waals surface area (Å²) in [6, 6.07) is 8.36. The molecule has 0 radical (unpaired) electrons. The molecule has 0 saturated carbocycles. The Morgan fingerprint density at radius 3 is 2.47 bits per heavy atom. The zero-order valence-corrected chi connectivity index (χ0v) is 11.6. The van der Waals surface area contributed by atoms with E-state index in [-0.39, 0.29) is 0 Å². The average molecular weight is 293 g/mol. The van der Waals surface area contributed by atoms with Crippen LogP contribution in [-0.4, -0.2) is 26.3 Å². The number of H-pyrrole nitrogens is 1. The summed E-state index contributed by atoms with van der Waals surface area (Å²) in [5.74, 6) is 0. The Hall–Kier alpha value is -0.670. The monoisotopic (exact) mass is 293 g/mol. The zero-order valence-electron chi connectivity index (χ0n) is 9.17. The fraction of sp³-hybridized carbons (Fsp3) is 0.222. The summed E-state index contributed by atoms with van der Waals surface area (Å²) >= 11 is 3.56. The average Bonchev–Trinajstić information content (AvgIpc) is 2.71. The Labute approximate surface area is 108 Å². The van der Waals surface area contributed by atoms with Crippen LogP contribution in [0, 0.1) is 0 Å². The van der Waals surface area contributed by atoms with Gasteiger partial charge in [-0.1, -0.05) is 23.5 Å². The van der Waals surface area contributed by atoms with Gasteiger partial charge in [0.25, 0.3) is 4.34 Å². The van der Waals surface area contributed by atoms with Crippen LogP contribution in [0.2, 0.25) is 0 Å². The van der Waals surface area contributed by atoms with Crippen LogP contribution in [0.4, 0.5) is 0 Å². The third kappa shape index (κ3) is 5.00. The van der Waals surface area contributed by atoms with Crippen molar-refractivity contribution in [3.63, 3.8) is 0 Å². The molecule has 0 fully saturated rings. The molecule has 1 aromatic heterocycles. The van der Waals surface area contributed by atoms with Crippen LogP contribution in [0.3, 0.4) is 0 Å². The minimum Gasteiger partial charge on any atom is -0.726 e. The summed E-state index contributed by atoms with van der Waals surface area (Å²) in [7, 11) is -3.60. The summed E-state index contributed by atoms with van der Waals surface area (Å²) in [4.78, 5) is 3.33. The number of fused-ring (bicyclic) bond motifs is 1. The zero-order chi connectivity index (χ0) is 12.9. The smallest absolute Gasteiger partial charge is 0.296 e. The molecule has 0 saturated heterocycles. The lowest BCUT2D eigenvalue weighted by molar-refractivity contribution is -0.385. The van der Waals surface area contributed by atoms with Gasteiger partial charge in [-0.25, -0.2) is 8.42 Å². The molecule has 0 atom stereocenters. The number of nitrogens with one attached hydrogen (secondary N) is 1. The summed E-state index contributed by atoms with van der Waals surface area (Å²) < 4.78 is 33.6. The van der Waals surface area contributed by atoms with Gasteiger partial charge in [-0.3, -0.25) is 4.18 Å². The van der Waals surface area contributed by atoms with Gasteiger partial charge in [-0.05, 0) is 24.1 Å². The Morgan fingerprint density at radius 2 is 2.00 bits per heavy atom. The third-order valence-corrected chi connectivity index (χ3v) is 4.21. The summed E-state index contributed by atoms with van der Waals surface area (Å²) in [6.45, 7) is 0. The van der Waals surface area contributed by atoms with Gasteiger partial charge < -0.3 is 4.55 Å². The van der Waals surface area contributed by atoms with Crippen molar-refractivity contribution in [2.24, 2.45) is 0 Å². The molecule has 0 unspecified atom stereocenters. The third-order valence-electron chi connectivity index (χ3n) is 1.72. The number of thioether (sulfide) groups is 1. The standard InChI is InChI=1S/C8H7NS2.CH4O4S/c1-10-8-9-6-4-2-3-5-7(6)11-8;1-5-6(2,3)4/h2-5H,1H3;1H3,(H,2,3,4). The first-order chi connectivity index (χ1) is 7.96.